The molecule has 2 saturated carbocycles. The van der Waals surface area contributed by atoms with E-state index in [4.69, 9.17) is 0 Å². The molecule has 2 aliphatic rings. The SMILES string of the molecule is CNC1(CO)CCCC1CCN(C)CC1CCC1. The van der Waals surface area contributed by atoms with Crippen LogP contribution in [0.5, 0.6) is 0 Å². The van der Waals surface area contributed by atoms with Gasteiger partial charge in [-0.05, 0) is 64.6 Å². The van der Waals surface area contributed by atoms with E-state index in [0.717, 1.165) is 12.3 Å². The lowest BCUT2D eigenvalue weighted by molar-refractivity contribution is 0.116. The van der Waals surface area contributed by atoms with Crippen molar-refractivity contribution in [3.63, 3.8) is 0 Å². The van der Waals surface area contributed by atoms with Crippen molar-refractivity contribution in [3.8, 4) is 0 Å². The quantitative estimate of drug-likeness (QED) is 0.728. The predicted molar refractivity (Wildman–Crippen MR) is 75.7 cm³/mol. The normalized spacial score (nSPS) is 33.0. The summed E-state index contributed by atoms with van der Waals surface area (Å²) in [6.07, 6.45) is 9.21. The summed E-state index contributed by atoms with van der Waals surface area (Å²) in [6.45, 7) is 2.75. The Morgan fingerprint density at radius 3 is 2.61 bits per heavy atom. The van der Waals surface area contributed by atoms with Gasteiger partial charge in [0, 0.05) is 12.1 Å². The first-order valence-corrected chi connectivity index (χ1v) is 7.68. The summed E-state index contributed by atoms with van der Waals surface area (Å²) in [5.41, 5.74) is 0.0112. The van der Waals surface area contributed by atoms with Crippen LogP contribution in [-0.2, 0) is 0 Å². The van der Waals surface area contributed by atoms with Crippen molar-refractivity contribution >= 4 is 0 Å². The number of nitrogens with one attached hydrogen (secondary N) is 1. The highest BCUT2D eigenvalue weighted by atomic mass is 16.3. The fourth-order valence-electron chi connectivity index (χ4n) is 3.76. The van der Waals surface area contributed by atoms with Crippen LogP contribution in [0.2, 0.25) is 0 Å². The number of hydrogen-bond donors (Lipinski definition) is 2. The van der Waals surface area contributed by atoms with Gasteiger partial charge in [-0.15, -0.1) is 0 Å². The van der Waals surface area contributed by atoms with E-state index < -0.39 is 0 Å². The average molecular weight is 254 g/mol. The maximum atomic E-state index is 9.67. The van der Waals surface area contributed by atoms with Crippen LogP contribution in [0.4, 0.5) is 0 Å². The molecule has 0 bridgehead atoms. The molecule has 18 heavy (non-hydrogen) atoms. The van der Waals surface area contributed by atoms with Crippen LogP contribution in [0.15, 0.2) is 0 Å². The smallest absolute Gasteiger partial charge is 0.0615 e. The molecular formula is C15H30N2O. The van der Waals surface area contributed by atoms with Crippen LogP contribution >= 0.6 is 0 Å². The first kappa shape index (κ1) is 14.3. The van der Waals surface area contributed by atoms with E-state index in [0.29, 0.717) is 12.5 Å². The lowest BCUT2D eigenvalue weighted by Crippen LogP contribution is -2.50. The van der Waals surface area contributed by atoms with Crippen LogP contribution < -0.4 is 5.32 Å². The molecule has 0 amide bonds. The van der Waals surface area contributed by atoms with Crippen molar-refractivity contribution in [2.45, 2.75) is 50.5 Å². The van der Waals surface area contributed by atoms with E-state index in [-0.39, 0.29) is 5.54 Å². The van der Waals surface area contributed by atoms with E-state index in [1.165, 1.54) is 51.6 Å². The zero-order chi connectivity index (χ0) is 13.0. The van der Waals surface area contributed by atoms with Gasteiger partial charge in [-0.3, -0.25) is 0 Å². The van der Waals surface area contributed by atoms with Crippen LogP contribution in [-0.4, -0.2) is 49.3 Å². The predicted octanol–water partition coefficient (Wildman–Crippen LogP) is 1.86. The molecule has 0 aromatic rings. The number of hydrogen-bond acceptors (Lipinski definition) is 3. The fourth-order valence-corrected chi connectivity index (χ4v) is 3.76. The minimum Gasteiger partial charge on any atom is -0.394 e. The Morgan fingerprint density at radius 1 is 1.28 bits per heavy atom. The van der Waals surface area contributed by atoms with Gasteiger partial charge < -0.3 is 15.3 Å². The fraction of sp³-hybridized carbons (Fsp3) is 1.00. The largest absolute Gasteiger partial charge is 0.394 e. The molecule has 2 atom stereocenters. The first-order valence-electron chi connectivity index (χ1n) is 7.68. The van der Waals surface area contributed by atoms with Crippen molar-refractivity contribution in [1.82, 2.24) is 10.2 Å². The first-order chi connectivity index (χ1) is 8.70. The second-order valence-corrected chi connectivity index (χ2v) is 6.50. The molecule has 2 unspecified atom stereocenters. The Bertz CT molecular complexity index is 249. The number of rotatable bonds is 7. The molecule has 106 valence electrons. The summed E-state index contributed by atoms with van der Waals surface area (Å²) in [5.74, 6) is 1.61. The van der Waals surface area contributed by atoms with Gasteiger partial charge in [-0.1, -0.05) is 12.8 Å². The summed E-state index contributed by atoms with van der Waals surface area (Å²) in [5, 5.41) is 13.1. The maximum absolute atomic E-state index is 9.67. The topological polar surface area (TPSA) is 35.5 Å². The van der Waals surface area contributed by atoms with Crippen molar-refractivity contribution in [3.05, 3.63) is 0 Å². The Balaban J connectivity index is 1.74. The second kappa shape index (κ2) is 6.36. The van der Waals surface area contributed by atoms with Gasteiger partial charge in [0.05, 0.1) is 6.61 Å². The van der Waals surface area contributed by atoms with Gasteiger partial charge in [0.1, 0.15) is 0 Å². The van der Waals surface area contributed by atoms with Crippen LogP contribution in [0.1, 0.15) is 44.9 Å². The Morgan fingerprint density at radius 2 is 2.06 bits per heavy atom. The van der Waals surface area contributed by atoms with E-state index in [9.17, 15) is 5.11 Å². The Kier molecular flexibility index (Phi) is 5.05. The molecule has 3 heteroatoms. The van der Waals surface area contributed by atoms with Crippen molar-refractivity contribution in [1.29, 1.82) is 0 Å². The highest BCUT2D eigenvalue weighted by Crippen LogP contribution is 2.37. The summed E-state index contributed by atoms with van der Waals surface area (Å²) >= 11 is 0. The summed E-state index contributed by atoms with van der Waals surface area (Å²) in [6, 6.07) is 0. The molecule has 0 spiro atoms. The summed E-state index contributed by atoms with van der Waals surface area (Å²) in [4.78, 5) is 2.50. The molecule has 0 aromatic carbocycles. The third-order valence-electron chi connectivity index (χ3n) is 5.39. The van der Waals surface area contributed by atoms with Gasteiger partial charge in [-0.2, -0.15) is 0 Å². The molecule has 2 aliphatic carbocycles. The maximum Gasteiger partial charge on any atom is 0.0615 e. The van der Waals surface area contributed by atoms with Gasteiger partial charge in [0.2, 0.25) is 0 Å². The van der Waals surface area contributed by atoms with Crippen molar-refractivity contribution in [2.24, 2.45) is 11.8 Å². The molecule has 0 aromatic heterocycles. The number of nitrogens with zero attached hydrogens (tertiary/aromatic N) is 1. The average Bonchev–Trinajstić information content (AvgIpc) is 2.75. The van der Waals surface area contributed by atoms with E-state index in [1.54, 1.807) is 0 Å². The molecule has 0 saturated heterocycles. The molecule has 0 radical (unpaired) electrons. The van der Waals surface area contributed by atoms with E-state index in [1.807, 2.05) is 7.05 Å². The minimum absolute atomic E-state index is 0.0112. The molecule has 2 N–H and O–H groups in total. The Hall–Kier alpha value is -0.120. The summed E-state index contributed by atoms with van der Waals surface area (Å²) < 4.78 is 0. The third-order valence-corrected chi connectivity index (χ3v) is 5.39. The minimum atomic E-state index is 0.0112. The van der Waals surface area contributed by atoms with Crippen molar-refractivity contribution in [2.75, 3.05) is 33.8 Å². The number of aliphatic hydroxyl groups is 1. The zero-order valence-corrected chi connectivity index (χ0v) is 12.1. The molecular weight excluding hydrogens is 224 g/mol. The molecule has 0 heterocycles. The molecule has 0 aliphatic heterocycles. The van der Waals surface area contributed by atoms with Crippen LogP contribution in [0.25, 0.3) is 0 Å². The monoisotopic (exact) mass is 254 g/mol. The highest BCUT2D eigenvalue weighted by Gasteiger charge is 2.40. The van der Waals surface area contributed by atoms with E-state index in [2.05, 4.69) is 17.3 Å². The van der Waals surface area contributed by atoms with Gasteiger partial charge >= 0.3 is 0 Å². The number of likely N-dealkylation sites (N-methyl/N-ethyl adjacent to an activating group) is 1. The standard InChI is InChI=1S/C15H30N2O/c1-16-15(12-18)9-4-7-14(15)8-10-17(2)11-13-5-3-6-13/h13-14,16,18H,3-12H2,1-2H3. The molecule has 2 fully saturated rings. The lowest BCUT2D eigenvalue weighted by Gasteiger charge is -2.35. The van der Waals surface area contributed by atoms with Crippen LogP contribution in [0, 0.1) is 11.8 Å². The van der Waals surface area contributed by atoms with Gasteiger partial charge in [-0.25, -0.2) is 0 Å². The summed E-state index contributed by atoms with van der Waals surface area (Å²) in [7, 11) is 4.26. The Labute approximate surface area is 112 Å². The number of aliphatic hydroxyl groups excluding tert-OH is 1. The third kappa shape index (κ3) is 3.06. The molecule has 3 nitrogen and oxygen atoms in total. The van der Waals surface area contributed by atoms with Crippen LogP contribution in [0.3, 0.4) is 0 Å². The molecule has 2 rings (SSSR count). The second-order valence-electron chi connectivity index (χ2n) is 6.50. The van der Waals surface area contributed by atoms with Gasteiger partial charge in [0.15, 0.2) is 0 Å². The van der Waals surface area contributed by atoms with E-state index >= 15 is 0 Å². The zero-order valence-electron chi connectivity index (χ0n) is 12.1. The highest BCUT2D eigenvalue weighted by molar-refractivity contribution is 4.98. The van der Waals surface area contributed by atoms with Crippen molar-refractivity contribution < 1.29 is 5.11 Å². The van der Waals surface area contributed by atoms with Gasteiger partial charge in [0.25, 0.3) is 0 Å². The lowest BCUT2D eigenvalue weighted by atomic mass is 9.84.